The van der Waals surface area contributed by atoms with Gasteiger partial charge < -0.3 is 14.0 Å². The van der Waals surface area contributed by atoms with Gasteiger partial charge in [0.05, 0.1) is 22.4 Å². The molecule has 0 aliphatic heterocycles. The molecule has 3 aromatic rings. The lowest BCUT2D eigenvalue weighted by molar-refractivity contribution is -0.120. The average molecular weight is 405 g/mol. The van der Waals surface area contributed by atoms with Crippen molar-refractivity contribution in [2.45, 2.75) is 6.92 Å². The third-order valence-corrected chi connectivity index (χ3v) is 5.06. The van der Waals surface area contributed by atoms with Gasteiger partial charge in [-0.05, 0) is 49.4 Å². The molecule has 0 unspecified atom stereocenters. The van der Waals surface area contributed by atoms with Crippen LogP contribution in [0.1, 0.15) is 17.3 Å². The number of benzene rings is 2. The van der Waals surface area contributed by atoms with Crippen LogP contribution in [0.4, 0.5) is 0 Å². The number of esters is 1. The Morgan fingerprint density at radius 1 is 1.19 bits per heavy atom. The summed E-state index contributed by atoms with van der Waals surface area (Å²) in [6.07, 6.45) is 0. The summed E-state index contributed by atoms with van der Waals surface area (Å²) < 4.78 is 13.1. The first-order valence-corrected chi connectivity index (χ1v) is 9.40. The van der Waals surface area contributed by atoms with Crippen LogP contribution < -0.4 is 9.54 Å². The van der Waals surface area contributed by atoms with E-state index in [9.17, 15) is 9.59 Å². The highest BCUT2D eigenvalue weighted by molar-refractivity contribution is 7.16. The lowest BCUT2D eigenvalue weighted by atomic mass is 10.2. The number of carbonyl (C=O) groups excluding carboxylic acids is 2. The number of amides is 1. The predicted molar refractivity (Wildman–Crippen MR) is 104 cm³/mol. The van der Waals surface area contributed by atoms with Gasteiger partial charge in [0, 0.05) is 12.1 Å². The number of fused-ring (bicyclic) bond motifs is 1. The molecule has 0 radical (unpaired) electrons. The summed E-state index contributed by atoms with van der Waals surface area (Å²) in [6, 6.07) is 12.0. The Morgan fingerprint density at radius 3 is 2.63 bits per heavy atom. The normalized spacial score (nSPS) is 11.6. The molecule has 0 saturated carbocycles. The highest BCUT2D eigenvalue weighted by Crippen LogP contribution is 2.19. The summed E-state index contributed by atoms with van der Waals surface area (Å²) in [5, 5.41) is 0.595. The second kappa shape index (κ2) is 8.37. The van der Waals surface area contributed by atoms with Crippen LogP contribution in [-0.4, -0.2) is 29.7 Å². The van der Waals surface area contributed by atoms with Gasteiger partial charge in [0.25, 0.3) is 5.91 Å². The van der Waals surface area contributed by atoms with Crippen molar-refractivity contribution in [2.75, 3.05) is 13.2 Å². The topological polar surface area (TPSA) is 69.9 Å². The van der Waals surface area contributed by atoms with Crippen LogP contribution in [0, 0.1) is 0 Å². The number of nitrogens with zero attached hydrogens (tertiary/aromatic N) is 2. The quantitative estimate of drug-likeness (QED) is 0.609. The number of halogens is 1. The standard InChI is InChI=1S/C19H17ClN2O4S/c1-3-25-18(24)12-4-9-15-16(10-12)27-19(22(15)2)21-17(23)11-26-14-7-5-13(20)6-8-14/h4-10H,3,11H2,1-2H3. The van der Waals surface area contributed by atoms with Crippen LogP contribution in [0.15, 0.2) is 47.5 Å². The number of carbonyl (C=O) groups is 2. The predicted octanol–water partition coefficient (Wildman–Crippen LogP) is 3.58. The minimum absolute atomic E-state index is 0.177. The van der Waals surface area contributed by atoms with Gasteiger partial charge in [-0.3, -0.25) is 4.79 Å². The number of hydrogen-bond donors (Lipinski definition) is 0. The van der Waals surface area contributed by atoms with Crippen molar-refractivity contribution in [1.29, 1.82) is 0 Å². The van der Waals surface area contributed by atoms with E-state index in [2.05, 4.69) is 4.99 Å². The third kappa shape index (κ3) is 4.56. The van der Waals surface area contributed by atoms with E-state index in [-0.39, 0.29) is 12.6 Å². The maximum atomic E-state index is 12.1. The molecule has 0 spiro atoms. The second-order valence-electron chi connectivity index (χ2n) is 5.59. The average Bonchev–Trinajstić information content (AvgIpc) is 2.96. The van der Waals surface area contributed by atoms with Gasteiger partial charge in [-0.1, -0.05) is 22.9 Å². The number of aromatic nitrogens is 1. The zero-order valence-corrected chi connectivity index (χ0v) is 16.3. The maximum absolute atomic E-state index is 12.1. The molecule has 3 rings (SSSR count). The molecule has 0 aliphatic rings. The first kappa shape index (κ1) is 19.1. The monoisotopic (exact) mass is 404 g/mol. The Balaban J connectivity index is 1.80. The fraction of sp³-hybridized carbons (Fsp3) is 0.211. The summed E-state index contributed by atoms with van der Waals surface area (Å²) in [6.45, 7) is 1.90. The van der Waals surface area contributed by atoms with E-state index < -0.39 is 5.91 Å². The molecule has 0 saturated heterocycles. The van der Waals surface area contributed by atoms with Gasteiger partial charge >= 0.3 is 5.97 Å². The van der Waals surface area contributed by atoms with E-state index in [1.165, 1.54) is 11.3 Å². The first-order chi connectivity index (χ1) is 13.0. The second-order valence-corrected chi connectivity index (χ2v) is 7.04. The van der Waals surface area contributed by atoms with Gasteiger partial charge in [0.2, 0.25) is 0 Å². The van der Waals surface area contributed by atoms with Crippen LogP contribution >= 0.6 is 22.9 Å². The first-order valence-electron chi connectivity index (χ1n) is 8.20. The van der Waals surface area contributed by atoms with Crippen LogP contribution in [0.3, 0.4) is 0 Å². The van der Waals surface area contributed by atoms with E-state index >= 15 is 0 Å². The zero-order valence-electron chi connectivity index (χ0n) is 14.8. The van der Waals surface area contributed by atoms with Crippen molar-refractivity contribution in [3.05, 3.63) is 57.9 Å². The molecule has 8 heteroatoms. The number of hydrogen-bond acceptors (Lipinski definition) is 5. The number of rotatable bonds is 5. The molecular weight excluding hydrogens is 388 g/mol. The van der Waals surface area contributed by atoms with E-state index in [0.717, 1.165) is 10.2 Å². The van der Waals surface area contributed by atoms with Crippen LogP contribution in [0.25, 0.3) is 10.2 Å². The molecule has 1 amide bonds. The Kier molecular flexibility index (Phi) is 5.93. The summed E-state index contributed by atoms with van der Waals surface area (Å²) in [5.41, 5.74) is 1.34. The number of thiazole rings is 1. The minimum Gasteiger partial charge on any atom is -0.484 e. The minimum atomic E-state index is -0.405. The number of ether oxygens (including phenoxy) is 2. The zero-order chi connectivity index (χ0) is 19.4. The Bertz CT molecular complexity index is 1050. The fourth-order valence-electron chi connectivity index (χ4n) is 2.40. The maximum Gasteiger partial charge on any atom is 0.338 e. The smallest absolute Gasteiger partial charge is 0.338 e. The van der Waals surface area contributed by atoms with Crippen LogP contribution in [0.2, 0.25) is 5.02 Å². The molecule has 1 heterocycles. The van der Waals surface area contributed by atoms with Crippen LogP contribution in [0.5, 0.6) is 5.75 Å². The molecule has 1 aromatic heterocycles. The summed E-state index contributed by atoms with van der Waals surface area (Å²) in [7, 11) is 1.81. The Morgan fingerprint density at radius 2 is 1.93 bits per heavy atom. The van der Waals surface area contributed by atoms with E-state index in [4.69, 9.17) is 21.1 Å². The van der Waals surface area contributed by atoms with Gasteiger partial charge in [0.1, 0.15) is 5.75 Å². The van der Waals surface area contributed by atoms with E-state index in [1.807, 2.05) is 13.1 Å². The molecule has 0 fully saturated rings. The number of aryl methyl sites for hydroxylation is 1. The van der Waals surface area contributed by atoms with E-state index in [0.29, 0.717) is 27.7 Å². The lowest BCUT2D eigenvalue weighted by Gasteiger charge is -2.02. The molecule has 2 aromatic carbocycles. The molecule has 27 heavy (non-hydrogen) atoms. The molecular formula is C19H17ClN2O4S. The van der Waals surface area contributed by atoms with Gasteiger partial charge in [-0.15, -0.1) is 0 Å². The SMILES string of the molecule is CCOC(=O)c1ccc2c(c1)sc(=NC(=O)COc1ccc(Cl)cc1)n2C. The van der Waals surface area contributed by atoms with Crippen molar-refractivity contribution in [2.24, 2.45) is 12.0 Å². The van der Waals surface area contributed by atoms with Crippen molar-refractivity contribution >= 4 is 45.0 Å². The summed E-state index contributed by atoms with van der Waals surface area (Å²) in [5.74, 6) is -0.234. The van der Waals surface area contributed by atoms with Gasteiger partial charge in [0.15, 0.2) is 11.4 Å². The molecule has 0 bridgehead atoms. The van der Waals surface area contributed by atoms with Crippen molar-refractivity contribution in [3.63, 3.8) is 0 Å². The molecule has 0 aliphatic carbocycles. The molecule has 0 atom stereocenters. The van der Waals surface area contributed by atoms with Crippen LogP contribution in [-0.2, 0) is 16.6 Å². The third-order valence-electron chi connectivity index (χ3n) is 3.72. The molecule has 6 nitrogen and oxygen atoms in total. The van der Waals surface area contributed by atoms with Gasteiger partial charge in [-0.2, -0.15) is 4.99 Å². The highest BCUT2D eigenvalue weighted by Gasteiger charge is 2.11. The highest BCUT2D eigenvalue weighted by atomic mass is 35.5. The summed E-state index contributed by atoms with van der Waals surface area (Å²) in [4.78, 5) is 28.7. The van der Waals surface area contributed by atoms with Crippen molar-refractivity contribution in [1.82, 2.24) is 4.57 Å². The van der Waals surface area contributed by atoms with Gasteiger partial charge in [-0.25, -0.2) is 4.79 Å². The Hall–Kier alpha value is -2.64. The van der Waals surface area contributed by atoms with Crippen molar-refractivity contribution < 1.29 is 19.1 Å². The largest absolute Gasteiger partial charge is 0.484 e. The lowest BCUT2D eigenvalue weighted by Crippen LogP contribution is -2.17. The van der Waals surface area contributed by atoms with Crippen molar-refractivity contribution in [3.8, 4) is 5.75 Å². The summed E-state index contributed by atoms with van der Waals surface area (Å²) >= 11 is 7.13. The van der Waals surface area contributed by atoms with E-state index in [1.54, 1.807) is 47.9 Å². The molecule has 140 valence electrons. The Labute approximate surface area is 164 Å². The molecule has 0 N–H and O–H groups in total. The fourth-order valence-corrected chi connectivity index (χ4v) is 3.60.